The van der Waals surface area contributed by atoms with Crippen LogP contribution in [0.25, 0.3) is 11.3 Å². The fourth-order valence-corrected chi connectivity index (χ4v) is 6.52. The highest BCUT2D eigenvalue weighted by atomic mass is 28.3. The van der Waals surface area contributed by atoms with Crippen molar-refractivity contribution in [2.45, 2.75) is 71.9 Å². The second-order valence-corrected chi connectivity index (χ2v) is 18.3. The molecular weight excluding hydrogens is 549 g/mol. The van der Waals surface area contributed by atoms with Gasteiger partial charge in [-0.2, -0.15) is 5.10 Å². The van der Waals surface area contributed by atoms with Crippen molar-refractivity contribution >= 4 is 19.7 Å². The third kappa shape index (κ3) is 5.92. The molecule has 1 unspecified atom stereocenters. The van der Waals surface area contributed by atoms with Crippen LogP contribution in [0.4, 0.5) is 18.9 Å². The van der Waals surface area contributed by atoms with Crippen molar-refractivity contribution in [3.8, 4) is 17.0 Å². The van der Waals surface area contributed by atoms with Gasteiger partial charge in [0.2, 0.25) is 5.91 Å². The molecular formula is C30H37F3N4O3Si. The highest BCUT2D eigenvalue weighted by molar-refractivity contribution is 6.76. The third-order valence-electron chi connectivity index (χ3n) is 8.31. The van der Waals surface area contributed by atoms with Crippen LogP contribution in [0.3, 0.4) is 0 Å². The first-order valence-electron chi connectivity index (χ1n) is 14.0. The molecule has 1 fully saturated rings. The number of fused-ring (bicyclic) bond motifs is 1. The largest absolute Gasteiger partial charge is 0.493 e. The third-order valence-corrected chi connectivity index (χ3v) is 10.0. The van der Waals surface area contributed by atoms with E-state index >= 15 is 4.39 Å². The zero-order valence-electron chi connectivity index (χ0n) is 24.4. The van der Waals surface area contributed by atoms with Crippen LogP contribution in [0.5, 0.6) is 5.75 Å². The number of carbonyl (C=O) groups is 1. The monoisotopic (exact) mass is 586 g/mol. The van der Waals surface area contributed by atoms with Crippen molar-refractivity contribution in [1.29, 1.82) is 0 Å². The Labute approximate surface area is 239 Å². The maximum Gasteiger partial charge on any atom is 0.227 e. The van der Waals surface area contributed by atoms with Crippen LogP contribution in [-0.4, -0.2) is 42.0 Å². The van der Waals surface area contributed by atoms with Crippen LogP contribution >= 0.6 is 0 Å². The van der Waals surface area contributed by atoms with Gasteiger partial charge in [-0.3, -0.25) is 9.78 Å². The minimum atomic E-state index is -1.21. The summed E-state index contributed by atoms with van der Waals surface area (Å²) in [7, 11) is -1.21. The first kappa shape index (κ1) is 29.3. The number of hydrogen-bond acceptors (Lipinski definition) is 5. The van der Waals surface area contributed by atoms with Gasteiger partial charge in [0.25, 0.3) is 0 Å². The average molecular weight is 587 g/mol. The first-order chi connectivity index (χ1) is 19.3. The predicted octanol–water partition coefficient (Wildman–Crippen LogP) is 6.82. The molecule has 3 aromatic rings. The van der Waals surface area contributed by atoms with E-state index in [0.29, 0.717) is 30.0 Å². The summed E-state index contributed by atoms with van der Waals surface area (Å²) in [6.07, 6.45) is 3.08. The Morgan fingerprint density at radius 3 is 2.54 bits per heavy atom. The SMILES string of the molecule is Cc1nn(COCC[Si](C)(C)C)c(C)c1-c1ncc(NC(=O)[C@@H](C)C2c3cc(F)c(F)cc3OCC23CC3)cc1F. The van der Waals surface area contributed by atoms with Gasteiger partial charge in [-0.25, -0.2) is 17.9 Å². The summed E-state index contributed by atoms with van der Waals surface area (Å²) in [5, 5.41) is 7.30. The second-order valence-electron chi connectivity index (χ2n) is 12.7. The summed E-state index contributed by atoms with van der Waals surface area (Å²) in [4.78, 5) is 17.7. The van der Waals surface area contributed by atoms with Crippen molar-refractivity contribution in [2.75, 3.05) is 18.5 Å². The van der Waals surface area contributed by atoms with E-state index in [-0.39, 0.29) is 41.1 Å². The maximum absolute atomic E-state index is 15.4. The Hall–Kier alpha value is -3.18. The van der Waals surface area contributed by atoms with Crippen LogP contribution in [0.15, 0.2) is 24.4 Å². The Balaban J connectivity index is 1.31. The van der Waals surface area contributed by atoms with Crippen molar-refractivity contribution in [2.24, 2.45) is 11.3 Å². The molecule has 1 aliphatic heterocycles. The van der Waals surface area contributed by atoms with Crippen molar-refractivity contribution < 1.29 is 27.4 Å². The van der Waals surface area contributed by atoms with E-state index in [1.165, 1.54) is 12.3 Å². The Morgan fingerprint density at radius 1 is 1.17 bits per heavy atom. The van der Waals surface area contributed by atoms with E-state index in [1.54, 1.807) is 18.5 Å². The standard InChI is InChI=1S/C30H37F3N4O3Si/c1-17(27-21-12-22(31)23(32)13-25(21)40-15-30(27)7-8-30)29(38)35-20-11-24(33)28(34-14-20)26-18(2)36-37(19(26)3)16-39-9-10-41(4,5)6/h11-14,17,27H,7-10,15-16H2,1-6H3,(H,35,38)/t17-,27?/m0/s1. The van der Waals surface area contributed by atoms with Crippen LogP contribution in [0, 0.1) is 42.6 Å². The summed E-state index contributed by atoms with van der Waals surface area (Å²) < 4.78 is 56.7. The molecule has 5 rings (SSSR count). The van der Waals surface area contributed by atoms with Gasteiger partial charge in [-0.15, -0.1) is 0 Å². The summed E-state index contributed by atoms with van der Waals surface area (Å²) in [6.45, 7) is 13.5. The number of nitrogens with zero attached hydrogens (tertiary/aromatic N) is 3. The van der Waals surface area contributed by atoms with Gasteiger partial charge < -0.3 is 14.8 Å². The molecule has 41 heavy (non-hydrogen) atoms. The number of pyridine rings is 1. The Kier molecular flexibility index (Phi) is 7.80. The van der Waals surface area contributed by atoms with Gasteiger partial charge in [0.1, 0.15) is 18.2 Å². The van der Waals surface area contributed by atoms with E-state index in [1.807, 2.05) is 6.92 Å². The quantitative estimate of drug-likeness (QED) is 0.220. The van der Waals surface area contributed by atoms with Crippen LogP contribution in [0.1, 0.15) is 42.6 Å². The van der Waals surface area contributed by atoms with E-state index in [2.05, 4.69) is 35.0 Å². The zero-order valence-corrected chi connectivity index (χ0v) is 25.4. The molecule has 7 nitrogen and oxygen atoms in total. The van der Waals surface area contributed by atoms with E-state index in [4.69, 9.17) is 9.47 Å². The summed E-state index contributed by atoms with van der Waals surface area (Å²) >= 11 is 0. The molecule has 0 radical (unpaired) electrons. The van der Waals surface area contributed by atoms with Gasteiger partial charge in [0, 0.05) is 60.9 Å². The van der Waals surface area contributed by atoms with Gasteiger partial charge >= 0.3 is 0 Å². The van der Waals surface area contributed by atoms with Gasteiger partial charge in [0.15, 0.2) is 17.5 Å². The number of nitrogens with one attached hydrogen (secondary N) is 1. The van der Waals surface area contributed by atoms with Gasteiger partial charge in [0.05, 0.1) is 24.2 Å². The lowest BCUT2D eigenvalue weighted by molar-refractivity contribution is -0.121. The molecule has 2 aromatic heterocycles. The molecule has 3 heterocycles. The normalized spacial score (nSPS) is 18.1. The molecule has 1 aromatic carbocycles. The number of rotatable bonds is 9. The molecule has 2 aliphatic rings. The first-order valence-corrected chi connectivity index (χ1v) is 17.7. The van der Waals surface area contributed by atoms with E-state index in [9.17, 15) is 13.6 Å². The highest BCUT2D eigenvalue weighted by Crippen LogP contribution is 2.62. The fraction of sp³-hybridized carbons (Fsp3) is 0.500. The Bertz CT molecular complexity index is 1480. The number of ether oxygens (including phenoxy) is 2. The van der Waals surface area contributed by atoms with Gasteiger partial charge in [-0.1, -0.05) is 26.6 Å². The Morgan fingerprint density at radius 2 is 1.88 bits per heavy atom. The minimum absolute atomic E-state index is 0.146. The van der Waals surface area contributed by atoms with Crippen LogP contribution in [-0.2, 0) is 16.3 Å². The summed E-state index contributed by atoms with van der Waals surface area (Å²) in [6, 6.07) is 4.46. The average Bonchev–Trinajstić information content (AvgIpc) is 3.60. The summed E-state index contributed by atoms with van der Waals surface area (Å²) in [5.74, 6) is -3.61. The van der Waals surface area contributed by atoms with E-state index < -0.39 is 31.4 Å². The predicted molar refractivity (Wildman–Crippen MR) is 153 cm³/mol. The number of aryl methyl sites for hydroxylation is 1. The highest BCUT2D eigenvalue weighted by Gasteiger charge is 2.56. The lowest BCUT2D eigenvalue weighted by Crippen LogP contribution is -2.37. The number of carbonyl (C=O) groups excluding carboxylic acids is 1. The maximum atomic E-state index is 15.4. The fourth-order valence-electron chi connectivity index (χ4n) is 5.76. The van der Waals surface area contributed by atoms with E-state index in [0.717, 1.165) is 36.7 Å². The number of anilines is 1. The lowest BCUT2D eigenvalue weighted by Gasteiger charge is -2.37. The number of benzene rings is 1. The van der Waals surface area contributed by atoms with Gasteiger partial charge in [-0.05, 0) is 38.8 Å². The number of halogens is 3. The second kappa shape index (κ2) is 10.9. The summed E-state index contributed by atoms with van der Waals surface area (Å²) in [5.41, 5.74) is 2.51. The minimum Gasteiger partial charge on any atom is -0.493 e. The molecule has 1 N–H and O–H groups in total. The van der Waals surface area contributed by atoms with Crippen LogP contribution in [0.2, 0.25) is 25.7 Å². The molecule has 220 valence electrons. The molecule has 2 atom stereocenters. The van der Waals surface area contributed by atoms with Crippen molar-refractivity contribution in [1.82, 2.24) is 14.8 Å². The zero-order chi connectivity index (χ0) is 29.7. The molecule has 1 spiro atoms. The van der Waals surface area contributed by atoms with Crippen molar-refractivity contribution in [3.05, 3.63) is 58.8 Å². The molecule has 0 bridgehead atoms. The number of hydrogen-bond donors (Lipinski definition) is 1. The molecule has 1 amide bonds. The number of aromatic nitrogens is 3. The number of amides is 1. The molecule has 0 saturated heterocycles. The van der Waals surface area contributed by atoms with Crippen LogP contribution < -0.4 is 10.1 Å². The van der Waals surface area contributed by atoms with Crippen molar-refractivity contribution in [3.63, 3.8) is 0 Å². The molecule has 11 heteroatoms. The molecule has 1 saturated carbocycles. The smallest absolute Gasteiger partial charge is 0.227 e. The molecule has 1 aliphatic carbocycles. The lowest BCUT2D eigenvalue weighted by atomic mass is 9.73. The topological polar surface area (TPSA) is 78.3 Å².